The summed E-state index contributed by atoms with van der Waals surface area (Å²) in [7, 11) is 0. The fourth-order valence-corrected chi connectivity index (χ4v) is 1.07. The van der Waals surface area contributed by atoms with Gasteiger partial charge in [-0.2, -0.15) is 0 Å². The van der Waals surface area contributed by atoms with Crippen LogP contribution in [0.1, 0.15) is 33.6 Å². The lowest BCUT2D eigenvalue weighted by Crippen LogP contribution is -2.24. The maximum Gasteiger partial charge on any atom is 0.0627 e. The number of halogens is 1. The van der Waals surface area contributed by atoms with Gasteiger partial charge in [0.1, 0.15) is 0 Å². The van der Waals surface area contributed by atoms with Crippen molar-refractivity contribution >= 4 is 11.6 Å². The molecule has 0 N–H and O–H groups in total. The average Bonchev–Trinajstić information content (AvgIpc) is 1.84. The first-order chi connectivity index (χ1) is 4.62. The molecular formula is C8H17ClO. The van der Waals surface area contributed by atoms with Crippen LogP contribution in [-0.4, -0.2) is 18.1 Å². The van der Waals surface area contributed by atoms with Gasteiger partial charge in [0.25, 0.3) is 0 Å². The lowest BCUT2D eigenvalue weighted by Gasteiger charge is -2.23. The van der Waals surface area contributed by atoms with Gasteiger partial charge in [-0.3, -0.25) is 0 Å². The van der Waals surface area contributed by atoms with Crippen LogP contribution in [0, 0.1) is 0 Å². The van der Waals surface area contributed by atoms with Crippen LogP contribution in [0.4, 0.5) is 0 Å². The molecule has 1 nitrogen and oxygen atoms in total. The van der Waals surface area contributed by atoms with Gasteiger partial charge in [0.15, 0.2) is 0 Å². The van der Waals surface area contributed by atoms with E-state index in [-0.39, 0.29) is 5.60 Å². The van der Waals surface area contributed by atoms with Crippen molar-refractivity contribution in [2.75, 3.05) is 12.5 Å². The highest BCUT2D eigenvalue weighted by atomic mass is 35.5. The molecule has 0 bridgehead atoms. The lowest BCUT2D eigenvalue weighted by atomic mass is 10.0. The topological polar surface area (TPSA) is 9.23 Å². The third kappa shape index (κ3) is 5.07. The summed E-state index contributed by atoms with van der Waals surface area (Å²) >= 11 is 5.48. The van der Waals surface area contributed by atoms with Crippen LogP contribution >= 0.6 is 11.6 Å². The third-order valence-corrected chi connectivity index (χ3v) is 1.58. The van der Waals surface area contributed by atoms with Crippen molar-refractivity contribution in [2.45, 2.75) is 39.2 Å². The van der Waals surface area contributed by atoms with Crippen molar-refractivity contribution < 1.29 is 4.74 Å². The molecular weight excluding hydrogens is 148 g/mol. The molecule has 0 aromatic carbocycles. The average molecular weight is 165 g/mol. The first kappa shape index (κ1) is 10.2. The minimum Gasteiger partial charge on any atom is -0.374 e. The van der Waals surface area contributed by atoms with Gasteiger partial charge in [-0.25, -0.2) is 0 Å². The smallest absolute Gasteiger partial charge is 0.0627 e. The monoisotopic (exact) mass is 164 g/mol. The van der Waals surface area contributed by atoms with Gasteiger partial charge in [0.2, 0.25) is 0 Å². The van der Waals surface area contributed by atoms with Crippen molar-refractivity contribution in [3.8, 4) is 0 Å². The summed E-state index contributed by atoms with van der Waals surface area (Å²) in [6, 6.07) is 0. The van der Waals surface area contributed by atoms with Crippen LogP contribution in [-0.2, 0) is 4.74 Å². The number of rotatable bonds is 5. The van der Waals surface area contributed by atoms with Crippen LogP contribution in [0.25, 0.3) is 0 Å². The first-order valence-electron chi connectivity index (χ1n) is 3.82. The van der Waals surface area contributed by atoms with Gasteiger partial charge in [-0.1, -0.05) is 13.3 Å². The summed E-state index contributed by atoms with van der Waals surface area (Å²) in [6.07, 6.45) is 2.26. The van der Waals surface area contributed by atoms with Gasteiger partial charge >= 0.3 is 0 Å². The van der Waals surface area contributed by atoms with Crippen molar-refractivity contribution in [1.82, 2.24) is 0 Å². The van der Waals surface area contributed by atoms with E-state index in [1.54, 1.807) is 0 Å². The molecule has 0 aromatic heterocycles. The fraction of sp³-hybridized carbons (Fsp3) is 1.00. The van der Waals surface area contributed by atoms with Gasteiger partial charge in [0.05, 0.1) is 12.2 Å². The lowest BCUT2D eigenvalue weighted by molar-refractivity contribution is -0.0154. The first-order valence-corrected chi connectivity index (χ1v) is 4.36. The number of hydrogen-bond acceptors (Lipinski definition) is 1. The van der Waals surface area contributed by atoms with E-state index in [1.807, 2.05) is 0 Å². The van der Waals surface area contributed by atoms with E-state index in [0.717, 1.165) is 12.8 Å². The van der Waals surface area contributed by atoms with Crippen LogP contribution in [0.5, 0.6) is 0 Å². The number of hydrogen-bond donors (Lipinski definition) is 0. The molecule has 0 aliphatic rings. The summed E-state index contributed by atoms with van der Waals surface area (Å²) in [5.74, 6) is 0.590. The van der Waals surface area contributed by atoms with E-state index >= 15 is 0 Å². The minimum atomic E-state index is 0.0175. The molecule has 0 saturated heterocycles. The van der Waals surface area contributed by atoms with E-state index in [9.17, 15) is 0 Å². The standard InChI is InChI=1S/C8H17ClO/c1-4-5-8(2,3)10-7-6-9/h4-7H2,1-3H3. The summed E-state index contributed by atoms with van der Waals surface area (Å²) < 4.78 is 5.49. The maximum absolute atomic E-state index is 5.49. The second-order valence-electron chi connectivity index (χ2n) is 3.05. The predicted octanol–water partition coefficient (Wildman–Crippen LogP) is 2.82. The number of alkyl halides is 1. The van der Waals surface area contributed by atoms with Gasteiger partial charge < -0.3 is 4.74 Å². The molecule has 0 heterocycles. The van der Waals surface area contributed by atoms with Crippen molar-refractivity contribution in [2.24, 2.45) is 0 Å². The molecule has 0 aliphatic carbocycles. The van der Waals surface area contributed by atoms with E-state index < -0.39 is 0 Å². The van der Waals surface area contributed by atoms with E-state index in [0.29, 0.717) is 12.5 Å². The Bertz CT molecular complexity index is 81.3. The Hall–Kier alpha value is 0.250. The molecule has 0 unspecified atom stereocenters. The molecule has 0 atom stereocenters. The summed E-state index contributed by atoms with van der Waals surface area (Å²) in [4.78, 5) is 0. The van der Waals surface area contributed by atoms with Crippen molar-refractivity contribution in [1.29, 1.82) is 0 Å². The van der Waals surface area contributed by atoms with E-state index in [2.05, 4.69) is 20.8 Å². The molecule has 0 fully saturated rings. The van der Waals surface area contributed by atoms with Gasteiger partial charge in [-0.15, -0.1) is 11.6 Å². The Balaban J connectivity index is 3.42. The van der Waals surface area contributed by atoms with E-state index in [1.165, 1.54) is 0 Å². The predicted molar refractivity (Wildman–Crippen MR) is 45.7 cm³/mol. The van der Waals surface area contributed by atoms with Crippen LogP contribution in [0.15, 0.2) is 0 Å². The number of ether oxygens (including phenoxy) is 1. The molecule has 62 valence electrons. The molecule has 0 rings (SSSR count). The Morgan fingerprint density at radius 2 is 2.00 bits per heavy atom. The quantitative estimate of drug-likeness (QED) is 0.568. The summed E-state index contributed by atoms with van der Waals surface area (Å²) in [5, 5.41) is 0. The second kappa shape index (κ2) is 4.97. The molecule has 0 aromatic rings. The second-order valence-corrected chi connectivity index (χ2v) is 3.43. The largest absolute Gasteiger partial charge is 0.374 e. The van der Waals surface area contributed by atoms with E-state index in [4.69, 9.17) is 16.3 Å². The molecule has 0 spiro atoms. The zero-order chi connectivity index (χ0) is 8.04. The minimum absolute atomic E-state index is 0.0175. The maximum atomic E-state index is 5.49. The Morgan fingerprint density at radius 3 is 2.40 bits per heavy atom. The molecule has 0 radical (unpaired) electrons. The Morgan fingerprint density at radius 1 is 1.40 bits per heavy atom. The zero-order valence-corrected chi connectivity index (χ0v) is 7.87. The Labute approximate surface area is 68.7 Å². The Kier molecular flexibility index (Phi) is 5.10. The third-order valence-electron chi connectivity index (χ3n) is 1.42. The summed E-state index contributed by atoms with van der Waals surface area (Å²) in [5.41, 5.74) is 0.0175. The van der Waals surface area contributed by atoms with Crippen LogP contribution < -0.4 is 0 Å². The molecule has 2 heteroatoms. The molecule has 0 amide bonds. The molecule has 0 saturated carbocycles. The zero-order valence-electron chi connectivity index (χ0n) is 7.11. The molecule has 0 aliphatic heterocycles. The van der Waals surface area contributed by atoms with Crippen molar-refractivity contribution in [3.05, 3.63) is 0 Å². The van der Waals surface area contributed by atoms with Crippen LogP contribution in [0.2, 0.25) is 0 Å². The fourth-order valence-electron chi connectivity index (χ4n) is 0.989. The summed E-state index contributed by atoms with van der Waals surface area (Å²) in [6.45, 7) is 7.02. The highest BCUT2D eigenvalue weighted by Crippen LogP contribution is 2.15. The highest BCUT2D eigenvalue weighted by Gasteiger charge is 2.15. The molecule has 10 heavy (non-hydrogen) atoms. The highest BCUT2D eigenvalue weighted by molar-refractivity contribution is 6.17. The van der Waals surface area contributed by atoms with Gasteiger partial charge in [-0.05, 0) is 20.3 Å². The normalized spacial score (nSPS) is 12.0. The van der Waals surface area contributed by atoms with Crippen LogP contribution in [0.3, 0.4) is 0 Å². The SMILES string of the molecule is CCCC(C)(C)OCCCl. The van der Waals surface area contributed by atoms with Gasteiger partial charge in [0, 0.05) is 5.88 Å². The van der Waals surface area contributed by atoms with Crippen molar-refractivity contribution in [3.63, 3.8) is 0 Å².